The van der Waals surface area contributed by atoms with Gasteiger partial charge >= 0.3 is 0 Å². The van der Waals surface area contributed by atoms with Crippen LogP contribution in [0.1, 0.15) is 38.5 Å². The van der Waals surface area contributed by atoms with Crippen LogP contribution in [0, 0.1) is 16.7 Å². The van der Waals surface area contributed by atoms with Crippen LogP contribution in [0.3, 0.4) is 0 Å². The Morgan fingerprint density at radius 3 is 2.97 bits per heavy atom. The van der Waals surface area contributed by atoms with Gasteiger partial charge in [0.2, 0.25) is 0 Å². The van der Waals surface area contributed by atoms with E-state index in [0.29, 0.717) is 30.6 Å². The molecule has 34 heavy (non-hydrogen) atoms. The van der Waals surface area contributed by atoms with Gasteiger partial charge in [-0.25, -0.2) is 9.97 Å². The fourth-order valence-corrected chi connectivity index (χ4v) is 5.00. The monoisotopic (exact) mass is 484 g/mol. The lowest BCUT2D eigenvalue weighted by molar-refractivity contribution is 0.0516. The van der Waals surface area contributed by atoms with Crippen molar-refractivity contribution in [2.24, 2.45) is 11.1 Å². The van der Waals surface area contributed by atoms with Gasteiger partial charge in [0.25, 0.3) is 0 Å². The van der Waals surface area contributed by atoms with Gasteiger partial charge in [0, 0.05) is 50.7 Å². The summed E-state index contributed by atoms with van der Waals surface area (Å²) in [5.41, 5.74) is 7.36. The van der Waals surface area contributed by atoms with Crippen molar-refractivity contribution in [1.29, 1.82) is 5.26 Å². The van der Waals surface area contributed by atoms with E-state index in [0.717, 1.165) is 55.6 Å². The molecule has 1 saturated heterocycles. The van der Waals surface area contributed by atoms with Gasteiger partial charge in [0.15, 0.2) is 0 Å². The summed E-state index contributed by atoms with van der Waals surface area (Å²) in [6, 6.07) is 10.5. The molecule has 0 aromatic carbocycles. The number of halogens is 1. The van der Waals surface area contributed by atoms with Gasteiger partial charge < -0.3 is 25.8 Å². The first kappa shape index (κ1) is 24.7. The quantitative estimate of drug-likeness (QED) is 0.534. The summed E-state index contributed by atoms with van der Waals surface area (Å²) in [5.74, 6) is 1.46. The number of aromatic nitrogens is 2. The highest BCUT2D eigenvalue weighted by Gasteiger charge is 2.31. The third-order valence-electron chi connectivity index (χ3n) is 6.88. The molecule has 8 nitrogen and oxygen atoms in total. The fraction of sp³-hybridized carbons (Fsp3) is 0.560. The number of pyridine rings is 2. The molecule has 182 valence electrons. The summed E-state index contributed by atoms with van der Waals surface area (Å²) >= 11 is 6.50. The molecule has 1 aliphatic heterocycles. The minimum absolute atomic E-state index is 0.00386. The molecule has 0 amide bonds. The molecule has 4 rings (SSSR count). The van der Waals surface area contributed by atoms with Crippen molar-refractivity contribution < 1.29 is 9.47 Å². The van der Waals surface area contributed by atoms with Crippen LogP contribution in [0.5, 0.6) is 0 Å². The van der Waals surface area contributed by atoms with E-state index in [1.807, 2.05) is 24.3 Å². The molecule has 1 saturated carbocycles. The van der Waals surface area contributed by atoms with E-state index in [4.69, 9.17) is 31.8 Å². The lowest BCUT2D eigenvalue weighted by Crippen LogP contribution is -2.45. The van der Waals surface area contributed by atoms with Crippen LogP contribution in [0.25, 0.3) is 11.3 Å². The van der Waals surface area contributed by atoms with Crippen molar-refractivity contribution in [1.82, 2.24) is 9.97 Å². The maximum atomic E-state index is 9.81. The zero-order valence-corrected chi connectivity index (χ0v) is 20.4. The Morgan fingerprint density at radius 2 is 2.18 bits per heavy atom. The maximum Gasteiger partial charge on any atom is 0.126 e. The third-order valence-corrected chi connectivity index (χ3v) is 7.18. The Labute approximate surface area is 206 Å². The summed E-state index contributed by atoms with van der Waals surface area (Å²) in [6.45, 7) is 1.86. The highest BCUT2D eigenvalue weighted by molar-refractivity contribution is 6.33. The number of hydrogen-bond donors (Lipinski definition) is 3. The molecule has 3 heterocycles. The molecule has 2 unspecified atom stereocenters. The predicted octanol–water partition coefficient (Wildman–Crippen LogP) is 4.23. The van der Waals surface area contributed by atoms with Gasteiger partial charge in [-0.05, 0) is 56.7 Å². The molecule has 4 N–H and O–H groups in total. The zero-order chi connectivity index (χ0) is 24.0. The van der Waals surface area contributed by atoms with Crippen LogP contribution in [-0.4, -0.2) is 55.0 Å². The van der Waals surface area contributed by atoms with Crippen LogP contribution in [0.4, 0.5) is 11.6 Å². The molecular formula is C25H33ClN6O2. The average Bonchev–Trinajstić information content (AvgIpc) is 3.10. The number of nitrogens with two attached hydrogens (primary N) is 1. The molecule has 2 aliphatic rings. The standard InChI is InChI=1S/C25H33ClN6O2/c1-33-22-7-6-17(12-20(22)28)31-24-13-18(19(26)14-29-24)21-4-2-5-23(32-21)30-16-25(15-27)8-3-10-34-11-9-25/h2,4-5,13-14,17,20,22H,3,6-12,16,28H2,1H3,(H,29,31)(H,30,32)/t17-,20?,22+,25?/m0/s1. The summed E-state index contributed by atoms with van der Waals surface area (Å²) in [5, 5.41) is 17.2. The maximum absolute atomic E-state index is 9.81. The zero-order valence-electron chi connectivity index (χ0n) is 19.6. The Morgan fingerprint density at radius 1 is 1.29 bits per heavy atom. The number of nitrogens with one attached hydrogen (secondary N) is 2. The molecule has 1 aliphatic carbocycles. The van der Waals surface area contributed by atoms with Crippen molar-refractivity contribution in [2.75, 3.05) is 37.5 Å². The largest absolute Gasteiger partial charge is 0.381 e. The number of methoxy groups -OCH3 is 1. The summed E-state index contributed by atoms with van der Waals surface area (Å²) in [7, 11) is 1.71. The molecule has 9 heteroatoms. The Balaban J connectivity index is 1.46. The molecular weight excluding hydrogens is 452 g/mol. The number of nitrogens with zero attached hydrogens (tertiary/aromatic N) is 3. The van der Waals surface area contributed by atoms with Gasteiger partial charge in [-0.15, -0.1) is 0 Å². The van der Waals surface area contributed by atoms with Gasteiger partial charge in [-0.2, -0.15) is 5.26 Å². The van der Waals surface area contributed by atoms with E-state index in [9.17, 15) is 5.26 Å². The summed E-state index contributed by atoms with van der Waals surface area (Å²) in [4.78, 5) is 9.24. The number of hydrogen-bond acceptors (Lipinski definition) is 8. The molecule has 2 aromatic heterocycles. The lowest BCUT2D eigenvalue weighted by Gasteiger charge is -2.33. The van der Waals surface area contributed by atoms with E-state index in [2.05, 4.69) is 21.7 Å². The Kier molecular flexibility index (Phi) is 8.22. The second kappa shape index (κ2) is 11.3. The number of anilines is 2. The molecule has 2 fully saturated rings. The normalized spacial score (nSPS) is 27.4. The minimum Gasteiger partial charge on any atom is -0.381 e. The average molecular weight is 485 g/mol. The van der Waals surface area contributed by atoms with Crippen LogP contribution in [-0.2, 0) is 9.47 Å². The highest BCUT2D eigenvalue weighted by atomic mass is 35.5. The molecule has 2 aromatic rings. The Bertz CT molecular complexity index is 1010. The molecule has 0 bridgehead atoms. The summed E-state index contributed by atoms with van der Waals surface area (Å²) in [6.07, 6.45) is 6.89. The van der Waals surface area contributed by atoms with Gasteiger partial charge in [0.1, 0.15) is 11.6 Å². The van der Waals surface area contributed by atoms with Crippen molar-refractivity contribution in [2.45, 2.75) is 56.7 Å². The van der Waals surface area contributed by atoms with Gasteiger partial charge in [0.05, 0.1) is 28.3 Å². The van der Waals surface area contributed by atoms with Crippen molar-refractivity contribution in [3.05, 3.63) is 35.5 Å². The molecule has 4 atom stereocenters. The minimum atomic E-state index is -0.442. The van der Waals surface area contributed by atoms with Crippen LogP contribution in [0.2, 0.25) is 5.02 Å². The van der Waals surface area contributed by atoms with Gasteiger partial charge in [-0.3, -0.25) is 0 Å². The number of ether oxygens (including phenoxy) is 2. The van der Waals surface area contributed by atoms with Crippen LogP contribution < -0.4 is 16.4 Å². The number of rotatable bonds is 7. The van der Waals surface area contributed by atoms with Crippen molar-refractivity contribution in [3.63, 3.8) is 0 Å². The first-order valence-electron chi connectivity index (χ1n) is 11.9. The fourth-order valence-electron chi connectivity index (χ4n) is 4.80. The second-order valence-electron chi connectivity index (χ2n) is 9.26. The van der Waals surface area contributed by atoms with Crippen molar-refractivity contribution in [3.8, 4) is 17.3 Å². The first-order valence-corrected chi connectivity index (χ1v) is 12.3. The molecule has 0 radical (unpaired) electrons. The van der Waals surface area contributed by atoms with Crippen LogP contribution >= 0.6 is 11.6 Å². The van der Waals surface area contributed by atoms with E-state index >= 15 is 0 Å². The first-order chi connectivity index (χ1) is 16.5. The predicted molar refractivity (Wildman–Crippen MR) is 134 cm³/mol. The summed E-state index contributed by atoms with van der Waals surface area (Å²) < 4.78 is 11.0. The van der Waals surface area contributed by atoms with E-state index in [-0.39, 0.29) is 18.2 Å². The SMILES string of the molecule is CO[C@@H]1CC[C@H](Nc2cc(-c3cccc(NCC4(C#N)CCCOCC4)n3)c(Cl)cn2)CC1N. The Hall–Kier alpha value is -2.44. The smallest absolute Gasteiger partial charge is 0.126 e. The van der Waals surface area contributed by atoms with E-state index < -0.39 is 5.41 Å². The van der Waals surface area contributed by atoms with Crippen LogP contribution in [0.15, 0.2) is 30.5 Å². The number of nitriles is 1. The van der Waals surface area contributed by atoms with E-state index in [1.165, 1.54) is 0 Å². The molecule has 0 spiro atoms. The third kappa shape index (κ3) is 5.97. The lowest BCUT2D eigenvalue weighted by atomic mass is 9.82. The highest BCUT2D eigenvalue weighted by Crippen LogP contribution is 2.32. The van der Waals surface area contributed by atoms with Gasteiger partial charge in [-0.1, -0.05) is 17.7 Å². The topological polar surface area (TPSA) is 118 Å². The van der Waals surface area contributed by atoms with E-state index in [1.54, 1.807) is 13.3 Å². The van der Waals surface area contributed by atoms with Crippen molar-refractivity contribution >= 4 is 23.2 Å². The second-order valence-corrected chi connectivity index (χ2v) is 9.67.